The van der Waals surface area contributed by atoms with Crippen LogP contribution >= 0.6 is 11.3 Å². The number of hydrogen-bond acceptors (Lipinski definition) is 3. The van der Waals surface area contributed by atoms with Gasteiger partial charge in [-0.05, 0) is 99.1 Å². The first-order chi connectivity index (χ1) is 27.2. The summed E-state index contributed by atoms with van der Waals surface area (Å²) in [5.41, 5.74) is 14.1. The molecule has 8 aromatic carbocycles. The SMILES string of the molecule is c1ccc(-c2cc(-c3ccccc3)cc(-c3cc(-c4cc(-c5ccccc5)cc(-c5cccc6sc7ccccc7c56)c4)nc(-c4ccccc4)n3)c2)cc1. The lowest BCUT2D eigenvalue weighted by Gasteiger charge is -2.15. The number of hydrogen-bond donors (Lipinski definition) is 0. The second-order valence-corrected chi connectivity index (χ2v) is 14.9. The van der Waals surface area contributed by atoms with E-state index in [1.54, 1.807) is 0 Å². The second kappa shape index (κ2) is 14.1. The second-order valence-electron chi connectivity index (χ2n) is 13.8. The van der Waals surface area contributed by atoms with Gasteiger partial charge in [0.05, 0.1) is 11.4 Å². The standard InChI is InChI=1S/C52H34N2S/c1-5-16-35(17-6-1)39-28-40(36-18-7-2-8-19-36)31-43(30-39)47-34-48(54-52(53-47)38-22-11-4-12-23-38)44-32-41(37-20-9-3-10-21-37)29-42(33-44)45-25-15-27-50-51(45)46-24-13-14-26-49(46)55-50/h1-34H. The molecule has 0 aliphatic rings. The third-order valence-electron chi connectivity index (χ3n) is 10.3. The smallest absolute Gasteiger partial charge is 0.160 e. The summed E-state index contributed by atoms with van der Waals surface area (Å²) in [5.74, 6) is 0.692. The quantitative estimate of drug-likeness (QED) is 0.164. The van der Waals surface area contributed by atoms with Crippen LogP contribution in [0.4, 0.5) is 0 Å². The molecule has 10 aromatic rings. The van der Waals surface area contributed by atoms with Crippen molar-refractivity contribution in [1.82, 2.24) is 9.97 Å². The molecule has 3 heteroatoms. The van der Waals surface area contributed by atoms with Crippen LogP contribution in [0.2, 0.25) is 0 Å². The zero-order valence-electron chi connectivity index (χ0n) is 29.9. The molecule has 10 rings (SSSR count). The summed E-state index contributed by atoms with van der Waals surface area (Å²) in [7, 11) is 0. The minimum atomic E-state index is 0.692. The van der Waals surface area contributed by atoms with Crippen molar-refractivity contribution in [3.63, 3.8) is 0 Å². The highest BCUT2D eigenvalue weighted by atomic mass is 32.1. The molecule has 0 spiro atoms. The van der Waals surface area contributed by atoms with Crippen LogP contribution in [0.3, 0.4) is 0 Å². The normalized spacial score (nSPS) is 11.3. The zero-order valence-corrected chi connectivity index (χ0v) is 30.7. The van der Waals surface area contributed by atoms with Gasteiger partial charge in [0.15, 0.2) is 5.82 Å². The molecule has 0 saturated heterocycles. The van der Waals surface area contributed by atoms with Crippen molar-refractivity contribution < 1.29 is 0 Å². The van der Waals surface area contributed by atoms with Gasteiger partial charge in [0.25, 0.3) is 0 Å². The summed E-state index contributed by atoms with van der Waals surface area (Å²) in [6, 6.07) is 73.4. The molecule has 258 valence electrons. The Labute approximate surface area is 324 Å². The van der Waals surface area contributed by atoms with Crippen LogP contribution in [0.5, 0.6) is 0 Å². The van der Waals surface area contributed by atoms with Crippen molar-refractivity contribution >= 4 is 31.5 Å². The highest BCUT2D eigenvalue weighted by Gasteiger charge is 2.17. The number of fused-ring (bicyclic) bond motifs is 3. The zero-order chi connectivity index (χ0) is 36.6. The van der Waals surface area contributed by atoms with Gasteiger partial charge in [0.2, 0.25) is 0 Å². The Morgan fingerprint density at radius 3 is 1.25 bits per heavy atom. The topological polar surface area (TPSA) is 25.8 Å². The molecule has 0 radical (unpaired) electrons. The van der Waals surface area contributed by atoms with Crippen LogP contribution in [0, 0.1) is 0 Å². The first kappa shape index (κ1) is 32.7. The van der Waals surface area contributed by atoms with E-state index in [0.717, 1.165) is 67.0 Å². The summed E-state index contributed by atoms with van der Waals surface area (Å²) in [6.07, 6.45) is 0. The highest BCUT2D eigenvalue weighted by molar-refractivity contribution is 7.25. The molecule has 0 bridgehead atoms. The van der Waals surface area contributed by atoms with E-state index >= 15 is 0 Å². The van der Waals surface area contributed by atoms with Gasteiger partial charge in [-0.25, -0.2) is 9.97 Å². The van der Waals surface area contributed by atoms with E-state index < -0.39 is 0 Å². The van der Waals surface area contributed by atoms with Crippen LogP contribution in [-0.2, 0) is 0 Å². The molecule has 0 fully saturated rings. The average Bonchev–Trinajstić information content (AvgIpc) is 3.66. The number of thiophene rings is 1. The van der Waals surface area contributed by atoms with E-state index in [1.165, 1.54) is 25.7 Å². The lowest BCUT2D eigenvalue weighted by molar-refractivity contribution is 1.18. The average molecular weight is 719 g/mol. The molecule has 0 atom stereocenters. The van der Waals surface area contributed by atoms with Gasteiger partial charge in [0.1, 0.15) is 0 Å². The summed E-state index contributed by atoms with van der Waals surface area (Å²) >= 11 is 1.85. The largest absolute Gasteiger partial charge is 0.228 e. The third-order valence-corrected chi connectivity index (χ3v) is 11.4. The number of rotatable bonds is 7. The van der Waals surface area contributed by atoms with Crippen molar-refractivity contribution in [3.05, 3.63) is 206 Å². The molecule has 0 amide bonds. The third kappa shape index (κ3) is 6.41. The van der Waals surface area contributed by atoms with Gasteiger partial charge < -0.3 is 0 Å². The number of nitrogens with zero attached hydrogens (tertiary/aromatic N) is 2. The Balaban J connectivity index is 1.22. The van der Waals surface area contributed by atoms with Crippen LogP contribution in [0.15, 0.2) is 206 Å². The van der Waals surface area contributed by atoms with E-state index in [-0.39, 0.29) is 0 Å². The fourth-order valence-corrected chi connectivity index (χ4v) is 8.70. The van der Waals surface area contributed by atoms with Crippen molar-refractivity contribution in [2.75, 3.05) is 0 Å². The Hall–Kier alpha value is -6.94. The first-order valence-corrected chi connectivity index (χ1v) is 19.4. The van der Waals surface area contributed by atoms with Gasteiger partial charge in [-0.3, -0.25) is 0 Å². The number of benzene rings is 8. The van der Waals surface area contributed by atoms with Gasteiger partial charge in [0, 0.05) is 36.9 Å². The van der Waals surface area contributed by atoms with E-state index in [9.17, 15) is 0 Å². The summed E-state index contributed by atoms with van der Waals surface area (Å²) in [5, 5.41) is 2.58. The monoisotopic (exact) mass is 718 g/mol. The van der Waals surface area contributed by atoms with Gasteiger partial charge in [-0.1, -0.05) is 152 Å². The van der Waals surface area contributed by atoms with Gasteiger partial charge in [-0.15, -0.1) is 11.3 Å². The fourth-order valence-electron chi connectivity index (χ4n) is 7.57. The Bertz CT molecular complexity index is 2900. The van der Waals surface area contributed by atoms with E-state index in [0.29, 0.717) is 5.82 Å². The Morgan fingerprint density at radius 1 is 0.291 bits per heavy atom. The lowest BCUT2D eigenvalue weighted by Crippen LogP contribution is -1.97. The van der Waals surface area contributed by atoms with E-state index in [1.807, 2.05) is 17.4 Å². The van der Waals surface area contributed by atoms with Crippen LogP contribution in [-0.4, -0.2) is 9.97 Å². The maximum absolute atomic E-state index is 5.32. The van der Waals surface area contributed by atoms with Crippen molar-refractivity contribution in [2.45, 2.75) is 0 Å². The molecule has 0 aliphatic carbocycles. The Kier molecular flexibility index (Phi) is 8.40. The molecule has 0 unspecified atom stereocenters. The first-order valence-electron chi connectivity index (χ1n) is 18.6. The summed E-state index contributed by atoms with van der Waals surface area (Å²) in [6.45, 7) is 0. The van der Waals surface area contributed by atoms with Crippen LogP contribution in [0.25, 0.3) is 98.6 Å². The van der Waals surface area contributed by atoms with E-state index in [2.05, 4.69) is 200 Å². The molecule has 0 aliphatic heterocycles. The molecular weight excluding hydrogens is 685 g/mol. The summed E-state index contributed by atoms with van der Waals surface area (Å²) < 4.78 is 2.58. The number of aromatic nitrogens is 2. The van der Waals surface area contributed by atoms with Crippen LogP contribution in [0.1, 0.15) is 0 Å². The minimum Gasteiger partial charge on any atom is -0.228 e. The highest BCUT2D eigenvalue weighted by Crippen LogP contribution is 2.42. The molecule has 2 nitrogen and oxygen atoms in total. The maximum Gasteiger partial charge on any atom is 0.160 e. The molecule has 2 heterocycles. The fraction of sp³-hybridized carbons (Fsp3) is 0. The molecule has 0 N–H and O–H groups in total. The van der Waals surface area contributed by atoms with Gasteiger partial charge in [-0.2, -0.15) is 0 Å². The van der Waals surface area contributed by atoms with Crippen molar-refractivity contribution in [1.29, 1.82) is 0 Å². The predicted molar refractivity (Wildman–Crippen MR) is 233 cm³/mol. The molecule has 55 heavy (non-hydrogen) atoms. The molecule has 2 aromatic heterocycles. The van der Waals surface area contributed by atoms with Crippen molar-refractivity contribution in [2.24, 2.45) is 0 Å². The minimum absolute atomic E-state index is 0.692. The predicted octanol–water partition coefficient (Wildman–Crippen LogP) is 14.5. The van der Waals surface area contributed by atoms with Gasteiger partial charge >= 0.3 is 0 Å². The Morgan fingerprint density at radius 2 is 0.709 bits per heavy atom. The molecular formula is C52H34N2S. The van der Waals surface area contributed by atoms with E-state index in [4.69, 9.17) is 9.97 Å². The van der Waals surface area contributed by atoms with Crippen molar-refractivity contribution in [3.8, 4) is 78.4 Å². The molecule has 0 saturated carbocycles. The maximum atomic E-state index is 5.32. The lowest BCUT2D eigenvalue weighted by atomic mass is 9.92. The summed E-state index contributed by atoms with van der Waals surface area (Å²) in [4.78, 5) is 10.6. The van der Waals surface area contributed by atoms with Crippen LogP contribution < -0.4 is 0 Å².